The van der Waals surface area contributed by atoms with E-state index in [9.17, 15) is 0 Å². The van der Waals surface area contributed by atoms with E-state index < -0.39 is 0 Å². The fraction of sp³-hybridized carbons (Fsp3) is 0.438. The molecular weight excluding hydrogens is 236 g/mol. The van der Waals surface area contributed by atoms with E-state index in [1.807, 2.05) is 19.4 Å². The van der Waals surface area contributed by atoms with E-state index in [4.69, 9.17) is 4.74 Å². The molecule has 2 unspecified atom stereocenters. The predicted octanol–water partition coefficient (Wildman–Crippen LogP) is 2.89. The van der Waals surface area contributed by atoms with Gasteiger partial charge < -0.3 is 10.1 Å². The monoisotopic (exact) mass is 256 g/mol. The maximum absolute atomic E-state index is 5.41. The van der Waals surface area contributed by atoms with Crippen LogP contribution in [0, 0.1) is 0 Å². The molecule has 1 N–H and O–H groups in total. The third-order valence-corrected chi connectivity index (χ3v) is 4.04. The van der Waals surface area contributed by atoms with Crippen molar-refractivity contribution in [1.82, 2.24) is 10.3 Å². The molecule has 1 aliphatic rings. The Morgan fingerprint density at radius 2 is 2.16 bits per heavy atom. The van der Waals surface area contributed by atoms with Gasteiger partial charge in [0.15, 0.2) is 0 Å². The lowest BCUT2D eigenvalue weighted by atomic mass is 10.1. The summed E-state index contributed by atoms with van der Waals surface area (Å²) >= 11 is 0. The minimum atomic E-state index is 0.437. The van der Waals surface area contributed by atoms with Crippen molar-refractivity contribution in [3.8, 4) is 0 Å². The standard InChI is InChI=1S/C16H20N2O/c1-19-14-7-6-13(10-14)18-11-12-8-9-17-16-5-3-2-4-15(12)16/h2-5,8-9,13-14,18H,6-7,10-11H2,1H3. The lowest BCUT2D eigenvalue weighted by molar-refractivity contribution is 0.107. The van der Waals surface area contributed by atoms with Crippen LogP contribution in [-0.4, -0.2) is 24.2 Å². The number of pyridine rings is 1. The highest BCUT2D eigenvalue weighted by atomic mass is 16.5. The molecule has 0 saturated heterocycles. The van der Waals surface area contributed by atoms with E-state index in [0.29, 0.717) is 12.1 Å². The first-order valence-corrected chi connectivity index (χ1v) is 6.95. The Balaban J connectivity index is 1.69. The van der Waals surface area contributed by atoms with Crippen LogP contribution in [-0.2, 0) is 11.3 Å². The molecule has 1 aromatic heterocycles. The Morgan fingerprint density at radius 1 is 1.26 bits per heavy atom. The summed E-state index contributed by atoms with van der Waals surface area (Å²) in [6, 6.07) is 11.0. The molecule has 0 amide bonds. The zero-order chi connectivity index (χ0) is 13.1. The van der Waals surface area contributed by atoms with Gasteiger partial charge in [0.1, 0.15) is 0 Å². The molecule has 3 nitrogen and oxygen atoms in total. The van der Waals surface area contributed by atoms with Crippen LogP contribution >= 0.6 is 0 Å². The molecule has 2 aromatic rings. The van der Waals surface area contributed by atoms with Crippen LogP contribution in [0.2, 0.25) is 0 Å². The Bertz CT molecular complexity index is 550. The number of nitrogens with one attached hydrogen (secondary N) is 1. The van der Waals surface area contributed by atoms with Crippen molar-refractivity contribution in [3.63, 3.8) is 0 Å². The Labute approximate surface area is 114 Å². The average Bonchev–Trinajstić information content (AvgIpc) is 2.93. The lowest BCUT2D eigenvalue weighted by Crippen LogP contribution is -2.26. The fourth-order valence-electron chi connectivity index (χ4n) is 2.90. The largest absolute Gasteiger partial charge is 0.381 e. The van der Waals surface area contributed by atoms with Crippen LogP contribution in [0.1, 0.15) is 24.8 Å². The molecule has 19 heavy (non-hydrogen) atoms. The number of hydrogen-bond acceptors (Lipinski definition) is 3. The maximum atomic E-state index is 5.41. The van der Waals surface area contributed by atoms with Gasteiger partial charge in [-0.05, 0) is 37.0 Å². The molecule has 1 aliphatic carbocycles. The van der Waals surface area contributed by atoms with Crippen LogP contribution in [0.15, 0.2) is 36.5 Å². The first-order chi connectivity index (χ1) is 9.36. The maximum Gasteiger partial charge on any atom is 0.0705 e. The molecule has 1 fully saturated rings. The number of benzene rings is 1. The van der Waals surface area contributed by atoms with Crippen LogP contribution in [0.4, 0.5) is 0 Å². The highest BCUT2D eigenvalue weighted by Crippen LogP contribution is 2.22. The molecule has 0 radical (unpaired) electrons. The normalized spacial score (nSPS) is 23.0. The number of fused-ring (bicyclic) bond motifs is 1. The molecule has 100 valence electrons. The third kappa shape index (κ3) is 2.77. The summed E-state index contributed by atoms with van der Waals surface area (Å²) in [4.78, 5) is 4.40. The molecule has 2 atom stereocenters. The van der Waals surface area contributed by atoms with Gasteiger partial charge in [0.25, 0.3) is 0 Å². The number of ether oxygens (including phenoxy) is 1. The van der Waals surface area contributed by atoms with Gasteiger partial charge in [0, 0.05) is 31.3 Å². The highest BCUT2D eigenvalue weighted by Gasteiger charge is 2.23. The lowest BCUT2D eigenvalue weighted by Gasteiger charge is -2.14. The minimum Gasteiger partial charge on any atom is -0.381 e. The van der Waals surface area contributed by atoms with E-state index in [1.165, 1.54) is 23.8 Å². The molecule has 0 bridgehead atoms. The molecule has 1 heterocycles. The summed E-state index contributed by atoms with van der Waals surface area (Å²) < 4.78 is 5.41. The second-order valence-electron chi connectivity index (χ2n) is 5.24. The molecule has 1 aromatic carbocycles. The predicted molar refractivity (Wildman–Crippen MR) is 77.0 cm³/mol. The summed E-state index contributed by atoms with van der Waals surface area (Å²) in [5, 5.41) is 4.90. The van der Waals surface area contributed by atoms with Crippen molar-refractivity contribution in [1.29, 1.82) is 0 Å². The summed E-state index contributed by atoms with van der Waals surface area (Å²) in [5.74, 6) is 0. The van der Waals surface area contributed by atoms with E-state index in [0.717, 1.165) is 18.5 Å². The molecule has 3 rings (SSSR count). The number of para-hydroxylation sites is 1. The topological polar surface area (TPSA) is 34.1 Å². The van der Waals surface area contributed by atoms with E-state index in [2.05, 4.69) is 34.6 Å². The van der Waals surface area contributed by atoms with Gasteiger partial charge >= 0.3 is 0 Å². The van der Waals surface area contributed by atoms with Crippen molar-refractivity contribution < 1.29 is 4.74 Å². The van der Waals surface area contributed by atoms with Crippen LogP contribution < -0.4 is 5.32 Å². The quantitative estimate of drug-likeness (QED) is 0.913. The number of rotatable bonds is 4. The summed E-state index contributed by atoms with van der Waals surface area (Å²) in [6.45, 7) is 0.907. The molecule has 3 heteroatoms. The Kier molecular flexibility index (Phi) is 3.76. The fourth-order valence-corrected chi connectivity index (χ4v) is 2.90. The van der Waals surface area contributed by atoms with E-state index >= 15 is 0 Å². The van der Waals surface area contributed by atoms with Gasteiger partial charge in [-0.3, -0.25) is 4.98 Å². The second kappa shape index (κ2) is 5.68. The van der Waals surface area contributed by atoms with Crippen molar-refractivity contribution in [2.24, 2.45) is 0 Å². The zero-order valence-electron chi connectivity index (χ0n) is 11.3. The zero-order valence-corrected chi connectivity index (χ0v) is 11.3. The van der Waals surface area contributed by atoms with Gasteiger partial charge in [-0.2, -0.15) is 0 Å². The Morgan fingerprint density at radius 3 is 3.00 bits per heavy atom. The smallest absolute Gasteiger partial charge is 0.0705 e. The van der Waals surface area contributed by atoms with Crippen LogP contribution in [0.5, 0.6) is 0 Å². The van der Waals surface area contributed by atoms with Crippen molar-refractivity contribution in [2.75, 3.05) is 7.11 Å². The van der Waals surface area contributed by atoms with Gasteiger partial charge in [-0.15, -0.1) is 0 Å². The van der Waals surface area contributed by atoms with Crippen LogP contribution in [0.25, 0.3) is 10.9 Å². The van der Waals surface area contributed by atoms with Gasteiger partial charge in [-0.1, -0.05) is 18.2 Å². The van der Waals surface area contributed by atoms with Gasteiger partial charge in [-0.25, -0.2) is 0 Å². The number of methoxy groups -OCH3 is 1. The first-order valence-electron chi connectivity index (χ1n) is 6.95. The summed E-state index contributed by atoms with van der Waals surface area (Å²) in [5.41, 5.74) is 2.40. The highest BCUT2D eigenvalue weighted by molar-refractivity contribution is 5.81. The number of aromatic nitrogens is 1. The van der Waals surface area contributed by atoms with Crippen molar-refractivity contribution in [2.45, 2.75) is 38.0 Å². The minimum absolute atomic E-state index is 0.437. The van der Waals surface area contributed by atoms with Gasteiger partial charge in [0.2, 0.25) is 0 Å². The number of nitrogens with zero attached hydrogens (tertiary/aromatic N) is 1. The average molecular weight is 256 g/mol. The summed E-state index contributed by atoms with van der Waals surface area (Å²) in [7, 11) is 1.81. The molecule has 0 spiro atoms. The van der Waals surface area contributed by atoms with Crippen molar-refractivity contribution in [3.05, 3.63) is 42.1 Å². The van der Waals surface area contributed by atoms with Crippen molar-refractivity contribution >= 4 is 10.9 Å². The van der Waals surface area contributed by atoms with E-state index in [-0.39, 0.29) is 0 Å². The molecule has 1 saturated carbocycles. The second-order valence-corrected chi connectivity index (χ2v) is 5.24. The molecular formula is C16H20N2O. The molecule has 0 aliphatic heterocycles. The van der Waals surface area contributed by atoms with Crippen LogP contribution in [0.3, 0.4) is 0 Å². The number of hydrogen-bond donors (Lipinski definition) is 1. The van der Waals surface area contributed by atoms with Gasteiger partial charge in [0.05, 0.1) is 11.6 Å². The Hall–Kier alpha value is -1.45. The SMILES string of the molecule is COC1CCC(NCc2ccnc3ccccc23)C1. The third-order valence-electron chi connectivity index (χ3n) is 4.04. The van der Waals surface area contributed by atoms with E-state index in [1.54, 1.807) is 0 Å². The summed E-state index contributed by atoms with van der Waals surface area (Å²) in [6.07, 6.45) is 5.84. The first kappa shape index (κ1) is 12.6.